The summed E-state index contributed by atoms with van der Waals surface area (Å²) in [6, 6.07) is 6.82. The summed E-state index contributed by atoms with van der Waals surface area (Å²) in [7, 11) is -3.87. The quantitative estimate of drug-likeness (QED) is 0.388. The molecule has 34 heavy (non-hydrogen) atoms. The first-order valence-electron chi connectivity index (χ1n) is 10.1. The highest BCUT2D eigenvalue weighted by Crippen LogP contribution is 2.38. The molecule has 2 aromatic carbocycles. The van der Waals surface area contributed by atoms with Gasteiger partial charge >= 0.3 is 6.18 Å². The first-order chi connectivity index (χ1) is 15.8. The lowest BCUT2D eigenvalue weighted by molar-refractivity contribution is -0.254. The van der Waals surface area contributed by atoms with E-state index in [1.165, 1.54) is 38.1 Å². The average Bonchev–Trinajstić information content (AvgIpc) is 2.76. The fraction of sp³-hybridized carbons (Fsp3) is 0.304. The van der Waals surface area contributed by atoms with E-state index < -0.39 is 32.8 Å². The monoisotopic (exact) mass is 558 g/mol. The van der Waals surface area contributed by atoms with Crippen LogP contribution >= 0.6 is 15.9 Å². The summed E-state index contributed by atoms with van der Waals surface area (Å²) in [5.41, 5.74) is -1.14. The molecule has 1 aromatic heterocycles. The van der Waals surface area contributed by atoms with Crippen molar-refractivity contribution in [3.05, 3.63) is 53.1 Å². The highest BCUT2D eigenvalue weighted by Gasteiger charge is 2.31. The number of halogens is 4. The number of alkyl halides is 4. The zero-order valence-electron chi connectivity index (χ0n) is 18.4. The number of carboxylic acids is 1. The van der Waals surface area contributed by atoms with Crippen molar-refractivity contribution in [2.45, 2.75) is 42.4 Å². The minimum absolute atomic E-state index is 0.00316. The van der Waals surface area contributed by atoms with E-state index in [-0.39, 0.29) is 55.9 Å². The molecular formula is C23H20BrF3NO5S-. The van der Waals surface area contributed by atoms with Crippen molar-refractivity contribution < 1.29 is 36.2 Å². The van der Waals surface area contributed by atoms with E-state index in [0.717, 1.165) is 12.1 Å². The van der Waals surface area contributed by atoms with Gasteiger partial charge in [0.2, 0.25) is 0 Å². The van der Waals surface area contributed by atoms with Gasteiger partial charge in [0, 0.05) is 27.9 Å². The Morgan fingerprint density at radius 3 is 2.41 bits per heavy atom. The summed E-state index contributed by atoms with van der Waals surface area (Å²) in [6.45, 7) is 4.74. The SMILES string of the molecule is CCOc1cc2nc(-c3cccc(C(F)(F)F)c3)c(CBr)c(C(=O)[O-])c2cc1S(=O)(=O)C(C)C. The van der Waals surface area contributed by atoms with Gasteiger partial charge in [-0.15, -0.1) is 0 Å². The first kappa shape index (κ1) is 26.0. The predicted octanol–water partition coefficient (Wildman–Crippen LogP) is 4.76. The molecule has 0 radical (unpaired) electrons. The van der Waals surface area contributed by atoms with Crippen LogP contribution in [-0.2, 0) is 21.3 Å². The Morgan fingerprint density at radius 1 is 1.21 bits per heavy atom. The summed E-state index contributed by atoms with van der Waals surface area (Å²) < 4.78 is 71.2. The van der Waals surface area contributed by atoms with E-state index in [0.29, 0.717) is 0 Å². The third-order valence-electron chi connectivity index (χ3n) is 5.18. The second-order valence-corrected chi connectivity index (χ2v) is 10.7. The smallest absolute Gasteiger partial charge is 0.416 e. The number of hydrogen-bond acceptors (Lipinski definition) is 6. The number of carbonyl (C=O) groups is 1. The molecule has 0 saturated heterocycles. The number of hydrogen-bond donors (Lipinski definition) is 0. The van der Waals surface area contributed by atoms with Crippen LogP contribution in [-0.4, -0.2) is 31.2 Å². The number of carbonyl (C=O) groups excluding carboxylic acids is 1. The highest BCUT2D eigenvalue weighted by molar-refractivity contribution is 9.08. The molecule has 0 amide bonds. The number of nitrogens with zero attached hydrogens (tertiary/aromatic N) is 1. The lowest BCUT2D eigenvalue weighted by atomic mass is 9.96. The van der Waals surface area contributed by atoms with Crippen LogP contribution in [0, 0.1) is 0 Å². The van der Waals surface area contributed by atoms with Crippen LogP contribution in [0.4, 0.5) is 13.2 Å². The van der Waals surface area contributed by atoms with Crippen molar-refractivity contribution in [1.82, 2.24) is 4.98 Å². The van der Waals surface area contributed by atoms with E-state index in [4.69, 9.17) is 4.74 Å². The van der Waals surface area contributed by atoms with Crippen LogP contribution in [0.15, 0.2) is 41.3 Å². The van der Waals surface area contributed by atoms with E-state index in [2.05, 4.69) is 20.9 Å². The number of sulfone groups is 1. The molecule has 0 N–H and O–H groups in total. The highest BCUT2D eigenvalue weighted by atomic mass is 79.9. The van der Waals surface area contributed by atoms with Gasteiger partial charge in [0.25, 0.3) is 0 Å². The molecular weight excluding hydrogens is 539 g/mol. The molecule has 1 heterocycles. The standard InChI is InChI=1S/C23H21BrF3NO5S/c1-4-33-18-10-17-15(9-19(18)34(31,32)12(2)3)20(22(29)30)16(11-24)21(28-17)13-6-5-7-14(8-13)23(25,26)27/h5-10,12H,4,11H2,1-3H3,(H,29,30)/p-1. The molecule has 0 fully saturated rings. The number of aromatic nitrogens is 1. The number of aromatic carboxylic acids is 1. The zero-order valence-corrected chi connectivity index (χ0v) is 20.8. The maximum absolute atomic E-state index is 13.3. The van der Waals surface area contributed by atoms with E-state index in [1.807, 2.05) is 0 Å². The van der Waals surface area contributed by atoms with E-state index >= 15 is 0 Å². The molecule has 3 aromatic rings. The zero-order chi connectivity index (χ0) is 25.4. The molecule has 0 spiro atoms. The summed E-state index contributed by atoms with van der Waals surface area (Å²) in [6.07, 6.45) is -4.61. The molecule has 0 aliphatic heterocycles. The second kappa shape index (κ2) is 9.53. The molecule has 0 atom stereocenters. The minimum atomic E-state index is -4.61. The van der Waals surface area contributed by atoms with Crippen LogP contribution in [0.3, 0.4) is 0 Å². The van der Waals surface area contributed by atoms with Gasteiger partial charge in [0.05, 0.1) is 34.6 Å². The van der Waals surface area contributed by atoms with Gasteiger partial charge in [-0.1, -0.05) is 28.1 Å². The first-order valence-corrected chi connectivity index (χ1v) is 12.8. The maximum atomic E-state index is 13.3. The van der Waals surface area contributed by atoms with Gasteiger partial charge in [0.1, 0.15) is 10.6 Å². The van der Waals surface area contributed by atoms with Crippen LogP contribution in [0.25, 0.3) is 22.2 Å². The summed E-state index contributed by atoms with van der Waals surface area (Å²) >= 11 is 3.19. The maximum Gasteiger partial charge on any atom is 0.416 e. The van der Waals surface area contributed by atoms with Gasteiger partial charge in [-0.25, -0.2) is 13.4 Å². The number of benzene rings is 2. The van der Waals surface area contributed by atoms with Crippen molar-refractivity contribution >= 4 is 42.6 Å². The predicted molar refractivity (Wildman–Crippen MR) is 123 cm³/mol. The van der Waals surface area contributed by atoms with Crippen molar-refractivity contribution in [3.63, 3.8) is 0 Å². The van der Waals surface area contributed by atoms with Gasteiger partial charge in [0.15, 0.2) is 9.84 Å². The molecule has 0 saturated carbocycles. The number of rotatable bonds is 7. The molecule has 0 aliphatic carbocycles. The molecule has 0 bridgehead atoms. The molecule has 3 rings (SSSR count). The molecule has 11 heteroatoms. The normalized spacial score (nSPS) is 12.4. The Labute approximate surface area is 202 Å². The van der Waals surface area contributed by atoms with Gasteiger partial charge < -0.3 is 14.6 Å². The average molecular weight is 559 g/mol. The van der Waals surface area contributed by atoms with Crippen molar-refractivity contribution in [3.8, 4) is 17.0 Å². The van der Waals surface area contributed by atoms with Crippen molar-refractivity contribution in [1.29, 1.82) is 0 Å². The van der Waals surface area contributed by atoms with Crippen LogP contribution in [0.2, 0.25) is 0 Å². The Balaban J connectivity index is 2.46. The van der Waals surface area contributed by atoms with E-state index in [9.17, 15) is 31.5 Å². The lowest BCUT2D eigenvalue weighted by Crippen LogP contribution is -2.25. The fourth-order valence-corrected chi connectivity index (χ4v) is 5.23. The molecule has 6 nitrogen and oxygen atoms in total. The summed E-state index contributed by atoms with van der Waals surface area (Å²) in [4.78, 5) is 16.4. The van der Waals surface area contributed by atoms with Crippen molar-refractivity contribution in [2.75, 3.05) is 6.61 Å². The largest absolute Gasteiger partial charge is 0.545 e. The van der Waals surface area contributed by atoms with Crippen molar-refractivity contribution in [2.24, 2.45) is 0 Å². The molecule has 0 unspecified atom stereocenters. The fourth-order valence-electron chi connectivity index (χ4n) is 3.50. The van der Waals surface area contributed by atoms with Gasteiger partial charge in [-0.05, 0) is 44.5 Å². The topological polar surface area (TPSA) is 96.4 Å². The minimum Gasteiger partial charge on any atom is -0.545 e. The third kappa shape index (κ3) is 4.76. The van der Waals surface area contributed by atoms with Crippen LogP contribution < -0.4 is 9.84 Å². The number of carboxylic acid groups (broad SMARTS) is 1. The Kier molecular flexibility index (Phi) is 7.28. The molecule has 182 valence electrons. The number of ether oxygens (including phenoxy) is 1. The Bertz CT molecular complexity index is 1370. The Morgan fingerprint density at radius 2 is 1.88 bits per heavy atom. The lowest BCUT2D eigenvalue weighted by Gasteiger charge is -2.20. The summed E-state index contributed by atoms with van der Waals surface area (Å²) in [5.74, 6) is -1.64. The second-order valence-electron chi connectivity index (χ2n) is 7.66. The summed E-state index contributed by atoms with van der Waals surface area (Å²) in [5, 5.41) is 11.3. The molecule has 0 aliphatic rings. The van der Waals surface area contributed by atoms with Gasteiger partial charge in [-0.3, -0.25) is 0 Å². The number of fused-ring (bicyclic) bond motifs is 1. The van der Waals surface area contributed by atoms with Gasteiger partial charge in [-0.2, -0.15) is 13.2 Å². The third-order valence-corrected chi connectivity index (χ3v) is 7.91. The van der Waals surface area contributed by atoms with Crippen LogP contribution in [0.1, 0.15) is 42.3 Å². The Hall–Kier alpha value is -2.66. The van der Waals surface area contributed by atoms with E-state index in [1.54, 1.807) is 6.92 Å². The number of pyridine rings is 1. The van der Waals surface area contributed by atoms with Crippen LogP contribution in [0.5, 0.6) is 5.75 Å².